The highest BCUT2D eigenvalue weighted by atomic mass is 16.1. The summed E-state index contributed by atoms with van der Waals surface area (Å²) < 4.78 is 0. The highest BCUT2D eigenvalue weighted by molar-refractivity contribution is 5.75. The lowest BCUT2D eigenvalue weighted by atomic mass is 9.91. The van der Waals surface area contributed by atoms with E-state index < -0.39 is 0 Å². The summed E-state index contributed by atoms with van der Waals surface area (Å²) in [5, 5.41) is 0. The molecule has 0 spiro atoms. The fourth-order valence-electron chi connectivity index (χ4n) is 2.10. The zero-order chi connectivity index (χ0) is 12.3. The van der Waals surface area contributed by atoms with Crippen LogP contribution < -0.4 is 0 Å². The van der Waals surface area contributed by atoms with Gasteiger partial charge in [-0.25, -0.2) is 0 Å². The number of hydrogen-bond acceptors (Lipinski definition) is 1. The van der Waals surface area contributed by atoms with E-state index in [1.165, 1.54) is 11.1 Å². The summed E-state index contributed by atoms with van der Waals surface area (Å²) in [6, 6.07) is 16.4. The van der Waals surface area contributed by atoms with Gasteiger partial charge in [-0.2, -0.15) is 0 Å². The van der Waals surface area contributed by atoms with Gasteiger partial charge in [0.1, 0.15) is 6.29 Å². The van der Waals surface area contributed by atoms with Crippen molar-refractivity contribution in [3.05, 3.63) is 70.8 Å². The van der Waals surface area contributed by atoms with Crippen LogP contribution in [0.4, 0.5) is 0 Å². The maximum Gasteiger partial charge on any atom is 0.150 e. The van der Waals surface area contributed by atoms with Crippen LogP contribution in [0.2, 0.25) is 0 Å². The van der Waals surface area contributed by atoms with Crippen molar-refractivity contribution in [3.8, 4) is 0 Å². The van der Waals surface area contributed by atoms with Gasteiger partial charge in [0.15, 0.2) is 0 Å². The molecule has 2 rings (SSSR count). The maximum atomic E-state index is 10.9. The lowest BCUT2D eigenvalue weighted by Gasteiger charge is -2.13. The first-order chi connectivity index (χ1) is 8.20. The normalized spacial score (nSPS) is 12.1. The molecule has 2 aromatic carbocycles. The number of benzene rings is 2. The van der Waals surface area contributed by atoms with E-state index in [1.807, 2.05) is 37.3 Å². The molecule has 86 valence electrons. The molecule has 0 N–H and O–H groups in total. The van der Waals surface area contributed by atoms with Crippen LogP contribution in [0, 0.1) is 6.92 Å². The molecule has 0 aliphatic rings. The van der Waals surface area contributed by atoms with Gasteiger partial charge in [-0.3, -0.25) is 4.79 Å². The molecular weight excluding hydrogens is 208 g/mol. The average molecular weight is 224 g/mol. The Hall–Kier alpha value is -1.89. The van der Waals surface area contributed by atoms with Gasteiger partial charge in [-0.1, -0.05) is 48.9 Å². The summed E-state index contributed by atoms with van der Waals surface area (Å²) in [5.74, 6) is 0.315. The van der Waals surface area contributed by atoms with Gasteiger partial charge >= 0.3 is 0 Å². The molecule has 0 aliphatic carbocycles. The lowest BCUT2D eigenvalue weighted by Crippen LogP contribution is -1.97. The first-order valence-electron chi connectivity index (χ1n) is 5.82. The zero-order valence-corrected chi connectivity index (χ0v) is 10.2. The van der Waals surface area contributed by atoms with Crippen molar-refractivity contribution >= 4 is 6.29 Å². The topological polar surface area (TPSA) is 17.1 Å². The molecule has 0 aromatic heterocycles. The first kappa shape index (κ1) is 11.6. The smallest absolute Gasteiger partial charge is 0.150 e. The predicted octanol–water partition coefficient (Wildman–Crippen LogP) is 3.96. The lowest BCUT2D eigenvalue weighted by molar-refractivity contribution is 0.112. The van der Waals surface area contributed by atoms with Crippen LogP contribution in [0.1, 0.15) is 39.9 Å². The minimum absolute atomic E-state index is 0.315. The van der Waals surface area contributed by atoms with E-state index in [9.17, 15) is 4.79 Å². The largest absolute Gasteiger partial charge is 0.298 e. The molecular formula is C16H16O. The summed E-state index contributed by atoms with van der Waals surface area (Å²) in [5.41, 5.74) is 4.35. The van der Waals surface area contributed by atoms with Gasteiger partial charge in [-0.15, -0.1) is 0 Å². The third kappa shape index (κ3) is 2.62. The Balaban J connectivity index is 2.40. The van der Waals surface area contributed by atoms with Crippen LogP contribution in [0.15, 0.2) is 48.5 Å². The molecule has 0 amide bonds. The zero-order valence-electron chi connectivity index (χ0n) is 10.2. The molecule has 1 unspecified atom stereocenters. The van der Waals surface area contributed by atoms with Crippen LogP contribution in [-0.4, -0.2) is 6.29 Å². The Morgan fingerprint density at radius 2 is 1.71 bits per heavy atom. The summed E-state index contributed by atoms with van der Waals surface area (Å²) in [4.78, 5) is 10.9. The van der Waals surface area contributed by atoms with Gasteiger partial charge < -0.3 is 0 Å². The van der Waals surface area contributed by atoms with E-state index in [4.69, 9.17) is 0 Å². The molecule has 2 aromatic rings. The predicted molar refractivity (Wildman–Crippen MR) is 70.5 cm³/mol. The summed E-state index contributed by atoms with van der Waals surface area (Å²) in [7, 11) is 0. The molecule has 0 saturated carbocycles. The van der Waals surface area contributed by atoms with E-state index in [1.54, 1.807) is 0 Å². The van der Waals surface area contributed by atoms with Gasteiger partial charge in [0.25, 0.3) is 0 Å². The number of rotatable bonds is 3. The van der Waals surface area contributed by atoms with Crippen molar-refractivity contribution in [2.45, 2.75) is 19.8 Å². The first-order valence-corrected chi connectivity index (χ1v) is 5.82. The van der Waals surface area contributed by atoms with E-state index in [2.05, 4.69) is 25.1 Å². The van der Waals surface area contributed by atoms with Crippen molar-refractivity contribution in [1.82, 2.24) is 0 Å². The van der Waals surface area contributed by atoms with Gasteiger partial charge in [-0.05, 0) is 30.2 Å². The number of carbonyl (C=O) groups is 1. The van der Waals surface area contributed by atoms with Gasteiger partial charge in [0.2, 0.25) is 0 Å². The summed E-state index contributed by atoms with van der Waals surface area (Å²) in [6.45, 7) is 4.19. The van der Waals surface area contributed by atoms with Gasteiger partial charge in [0.05, 0.1) is 0 Å². The summed E-state index contributed by atoms with van der Waals surface area (Å²) in [6.07, 6.45) is 0.911. The Kier molecular flexibility index (Phi) is 3.38. The number of carbonyl (C=O) groups excluding carboxylic acids is 1. The molecule has 0 fully saturated rings. The van der Waals surface area contributed by atoms with E-state index in [0.717, 1.165) is 17.4 Å². The molecule has 0 radical (unpaired) electrons. The SMILES string of the molecule is Cc1cc(C=O)cc(C(C)c2ccccc2)c1. The minimum Gasteiger partial charge on any atom is -0.298 e. The molecule has 0 aliphatic heterocycles. The molecule has 1 heteroatoms. The molecule has 17 heavy (non-hydrogen) atoms. The second-order valence-electron chi connectivity index (χ2n) is 4.43. The second-order valence-corrected chi connectivity index (χ2v) is 4.43. The fourth-order valence-corrected chi connectivity index (χ4v) is 2.10. The molecule has 1 atom stereocenters. The standard InChI is InChI=1S/C16H16O/c1-12-8-14(11-17)10-16(9-12)13(2)15-6-4-3-5-7-15/h3-11,13H,1-2H3. The maximum absolute atomic E-state index is 10.9. The third-order valence-electron chi connectivity index (χ3n) is 3.06. The van der Waals surface area contributed by atoms with Crippen molar-refractivity contribution < 1.29 is 4.79 Å². The highest BCUT2D eigenvalue weighted by Gasteiger charge is 2.09. The highest BCUT2D eigenvalue weighted by Crippen LogP contribution is 2.25. The van der Waals surface area contributed by atoms with Crippen LogP contribution in [0.3, 0.4) is 0 Å². The fraction of sp³-hybridized carbons (Fsp3) is 0.188. The average Bonchev–Trinajstić information content (AvgIpc) is 2.38. The Morgan fingerprint density at radius 3 is 2.35 bits per heavy atom. The number of aldehydes is 1. The van der Waals surface area contributed by atoms with Crippen LogP contribution in [0.5, 0.6) is 0 Å². The van der Waals surface area contributed by atoms with Crippen LogP contribution in [-0.2, 0) is 0 Å². The third-order valence-corrected chi connectivity index (χ3v) is 3.06. The van der Waals surface area contributed by atoms with Crippen molar-refractivity contribution in [2.75, 3.05) is 0 Å². The number of aryl methyl sites for hydroxylation is 1. The number of hydrogen-bond donors (Lipinski definition) is 0. The van der Waals surface area contributed by atoms with E-state index in [-0.39, 0.29) is 0 Å². The Labute approximate surface area is 102 Å². The summed E-state index contributed by atoms with van der Waals surface area (Å²) >= 11 is 0. The molecule has 0 heterocycles. The minimum atomic E-state index is 0.315. The van der Waals surface area contributed by atoms with Crippen LogP contribution >= 0.6 is 0 Å². The quantitative estimate of drug-likeness (QED) is 0.721. The van der Waals surface area contributed by atoms with E-state index >= 15 is 0 Å². The van der Waals surface area contributed by atoms with E-state index in [0.29, 0.717) is 5.92 Å². The Morgan fingerprint density at radius 1 is 1.00 bits per heavy atom. The Bertz CT molecular complexity index is 514. The monoisotopic (exact) mass is 224 g/mol. The van der Waals surface area contributed by atoms with Crippen molar-refractivity contribution in [3.63, 3.8) is 0 Å². The van der Waals surface area contributed by atoms with Crippen LogP contribution in [0.25, 0.3) is 0 Å². The molecule has 1 nitrogen and oxygen atoms in total. The van der Waals surface area contributed by atoms with Gasteiger partial charge in [0, 0.05) is 11.5 Å². The molecule has 0 saturated heterocycles. The van der Waals surface area contributed by atoms with Crippen molar-refractivity contribution in [1.29, 1.82) is 0 Å². The molecule has 0 bridgehead atoms. The van der Waals surface area contributed by atoms with Crippen molar-refractivity contribution in [2.24, 2.45) is 0 Å². The second kappa shape index (κ2) is 4.96.